The summed E-state index contributed by atoms with van der Waals surface area (Å²) in [6.45, 7) is 15.5. The molecule has 0 radical (unpaired) electrons. The summed E-state index contributed by atoms with van der Waals surface area (Å²) in [6.07, 6.45) is 43.2. The second-order valence-corrected chi connectivity index (χ2v) is 26.0. The standard InChI is InChI=1S/C78H106N4O12/c1-13-19-25-30-44-88-68-52-60(41-40-59(68)37-35-42-79-75(86)93-77(7,8)9)73(84)81-63-49-58(50-64(57-63)82-74(85)62-55-71(91-47-33-28-22-16-4)65(38-24-18-6)72(56-62)92-48-34-29-23-17-5)51-67(83)61-53-69(89-45-31-26-20-14-2)66(70(54-61)90-46-32-27-21-15-3)39-36-43-80-76(87)94-78(10,11)12/h1-5,40-41,52-56,58,63-64H,18-39,42-51,57H2,6-12H3,(H,79,86)(H,80,87)(H,81,84)(H,82,85). The zero-order valence-corrected chi connectivity index (χ0v) is 57.4. The van der Waals surface area contributed by atoms with Crippen LogP contribution >= 0.6 is 0 Å². The number of terminal acetylenes is 5. The predicted molar refractivity (Wildman–Crippen MR) is 373 cm³/mol. The topological polar surface area (TPSA) is 198 Å². The predicted octanol–water partition coefficient (Wildman–Crippen LogP) is 14.8. The molecule has 1 saturated carbocycles. The molecule has 510 valence electrons. The van der Waals surface area contributed by atoms with Crippen LogP contribution in [0.3, 0.4) is 0 Å². The number of ether oxygens (including phenoxy) is 7. The van der Waals surface area contributed by atoms with Crippen LogP contribution in [-0.2, 0) is 28.7 Å². The Labute approximate surface area is 562 Å². The highest BCUT2D eigenvalue weighted by Crippen LogP contribution is 2.37. The van der Waals surface area contributed by atoms with Crippen LogP contribution in [0.15, 0.2) is 42.5 Å². The average Bonchev–Trinajstić information content (AvgIpc) is 0.821. The molecule has 1 aliphatic carbocycles. The monoisotopic (exact) mass is 1290 g/mol. The van der Waals surface area contributed by atoms with E-state index in [0.717, 1.165) is 74.5 Å². The minimum Gasteiger partial charge on any atom is -0.493 e. The highest BCUT2D eigenvalue weighted by molar-refractivity contribution is 5.98. The first kappa shape index (κ1) is 78.1. The van der Waals surface area contributed by atoms with Gasteiger partial charge in [-0.05, 0) is 211 Å². The van der Waals surface area contributed by atoms with Crippen molar-refractivity contribution in [1.82, 2.24) is 21.3 Å². The third-order valence-electron chi connectivity index (χ3n) is 15.4. The first-order valence-electron chi connectivity index (χ1n) is 34.1. The van der Waals surface area contributed by atoms with Gasteiger partial charge >= 0.3 is 12.2 Å². The highest BCUT2D eigenvalue weighted by atomic mass is 16.6. The van der Waals surface area contributed by atoms with Gasteiger partial charge in [-0.3, -0.25) is 14.4 Å². The Bertz CT molecular complexity index is 2990. The van der Waals surface area contributed by atoms with E-state index in [0.29, 0.717) is 194 Å². The summed E-state index contributed by atoms with van der Waals surface area (Å²) in [5.74, 6) is 14.9. The number of benzene rings is 3. The van der Waals surface area contributed by atoms with Gasteiger partial charge in [0, 0.05) is 91.5 Å². The third kappa shape index (κ3) is 31.0. The van der Waals surface area contributed by atoms with Crippen molar-refractivity contribution in [3.8, 4) is 90.5 Å². The Morgan fingerprint density at radius 1 is 0.447 bits per heavy atom. The van der Waals surface area contributed by atoms with Crippen molar-refractivity contribution in [2.24, 2.45) is 5.92 Å². The molecule has 0 spiro atoms. The fourth-order valence-electron chi connectivity index (χ4n) is 10.8. The Hall–Kier alpha value is -8.39. The number of carbonyl (C=O) groups is 5. The lowest BCUT2D eigenvalue weighted by Crippen LogP contribution is -2.48. The largest absolute Gasteiger partial charge is 0.493 e. The second kappa shape index (κ2) is 43.5. The molecule has 0 aromatic heterocycles. The normalized spacial score (nSPS) is 14.3. The van der Waals surface area contributed by atoms with Crippen molar-refractivity contribution in [1.29, 1.82) is 0 Å². The number of unbranched alkanes of at least 4 members (excludes halogenated alkanes) is 11. The summed E-state index contributed by atoms with van der Waals surface area (Å²) in [7, 11) is 0. The van der Waals surface area contributed by atoms with Gasteiger partial charge in [0.05, 0.1) is 33.0 Å². The van der Waals surface area contributed by atoms with E-state index in [1.54, 1.807) is 57.2 Å². The lowest BCUT2D eigenvalue weighted by Gasteiger charge is -2.36. The second-order valence-electron chi connectivity index (χ2n) is 26.0. The maximum Gasteiger partial charge on any atom is 0.407 e. The van der Waals surface area contributed by atoms with E-state index in [-0.39, 0.29) is 29.9 Å². The van der Waals surface area contributed by atoms with Crippen LogP contribution in [0, 0.1) is 67.6 Å². The molecule has 3 aromatic carbocycles. The van der Waals surface area contributed by atoms with Crippen molar-refractivity contribution in [3.63, 3.8) is 0 Å². The molecule has 4 amide bonds. The van der Waals surface area contributed by atoms with E-state index in [9.17, 15) is 19.2 Å². The van der Waals surface area contributed by atoms with Crippen LogP contribution in [0.1, 0.15) is 244 Å². The minimum atomic E-state index is -0.662. The number of hydrogen-bond donors (Lipinski definition) is 4. The summed E-state index contributed by atoms with van der Waals surface area (Å²) in [6, 6.07) is 11.5. The molecule has 4 N–H and O–H groups in total. The van der Waals surface area contributed by atoms with Gasteiger partial charge in [-0.25, -0.2) is 9.59 Å². The number of nitrogens with one attached hydrogen (secondary N) is 4. The number of carbonyl (C=O) groups excluding carboxylic acids is 5. The van der Waals surface area contributed by atoms with Gasteiger partial charge in [0.15, 0.2) is 5.78 Å². The number of alkyl carbamates (subject to hydrolysis) is 2. The molecule has 94 heavy (non-hydrogen) atoms. The van der Waals surface area contributed by atoms with Gasteiger partial charge in [0.25, 0.3) is 11.8 Å². The average molecular weight is 1290 g/mol. The number of hydrogen-bond acceptors (Lipinski definition) is 12. The van der Waals surface area contributed by atoms with Crippen LogP contribution in [0.4, 0.5) is 9.59 Å². The summed E-state index contributed by atoms with van der Waals surface area (Å²) < 4.78 is 43.2. The first-order valence-corrected chi connectivity index (χ1v) is 34.1. The summed E-state index contributed by atoms with van der Waals surface area (Å²) in [5, 5.41) is 12.3. The van der Waals surface area contributed by atoms with Crippen LogP contribution in [-0.4, -0.2) is 99.2 Å². The van der Waals surface area contributed by atoms with E-state index in [4.69, 9.17) is 65.3 Å². The maximum absolute atomic E-state index is 15.1. The summed E-state index contributed by atoms with van der Waals surface area (Å²) >= 11 is 0. The van der Waals surface area contributed by atoms with Crippen molar-refractivity contribution in [2.45, 2.75) is 239 Å². The third-order valence-corrected chi connectivity index (χ3v) is 15.4. The molecule has 4 rings (SSSR count). The van der Waals surface area contributed by atoms with E-state index in [2.05, 4.69) is 57.8 Å². The fourth-order valence-corrected chi connectivity index (χ4v) is 10.8. The molecule has 1 fully saturated rings. The first-order chi connectivity index (χ1) is 45.2. The van der Waals surface area contributed by atoms with Gasteiger partial charge in [0.2, 0.25) is 0 Å². The van der Waals surface area contributed by atoms with Crippen LogP contribution < -0.4 is 45.0 Å². The molecule has 0 heterocycles. The maximum atomic E-state index is 15.1. The van der Waals surface area contributed by atoms with Gasteiger partial charge in [-0.1, -0.05) is 19.4 Å². The molecule has 1 aliphatic rings. The minimum absolute atomic E-state index is 0.0672. The van der Waals surface area contributed by atoms with Crippen LogP contribution in [0.5, 0.6) is 28.7 Å². The molecule has 0 saturated heterocycles. The smallest absolute Gasteiger partial charge is 0.407 e. The van der Waals surface area contributed by atoms with E-state index in [1.165, 1.54) is 0 Å². The molecule has 3 unspecified atom stereocenters. The molecule has 16 heteroatoms. The van der Waals surface area contributed by atoms with E-state index in [1.807, 2.05) is 26.8 Å². The van der Waals surface area contributed by atoms with Crippen molar-refractivity contribution < 1.29 is 57.1 Å². The van der Waals surface area contributed by atoms with Crippen molar-refractivity contribution in [2.75, 3.05) is 46.1 Å². The zero-order chi connectivity index (χ0) is 68.6. The summed E-state index contributed by atoms with van der Waals surface area (Å²) in [4.78, 5) is 69.7. The van der Waals surface area contributed by atoms with Gasteiger partial charge in [-0.2, -0.15) is 0 Å². The Morgan fingerprint density at radius 3 is 1.20 bits per heavy atom. The zero-order valence-electron chi connectivity index (χ0n) is 57.4. The lowest BCUT2D eigenvalue weighted by atomic mass is 9.79. The van der Waals surface area contributed by atoms with Gasteiger partial charge in [0.1, 0.15) is 39.9 Å². The quantitative estimate of drug-likeness (QED) is 0.0238. The number of aryl methyl sites for hydroxylation is 1. The number of rotatable bonds is 43. The van der Waals surface area contributed by atoms with Crippen molar-refractivity contribution >= 4 is 29.8 Å². The van der Waals surface area contributed by atoms with E-state index < -0.39 is 35.5 Å². The Morgan fingerprint density at radius 2 is 0.809 bits per heavy atom. The number of Topliss-reactive ketones (excluding diaryl/α,β-unsaturated/α-hetero) is 1. The Balaban J connectivity index is 1.77. The number of ketones is 1. The van der Waals surface area contributed by atoms with Crippen molar-refractivity contribution in [3.05, 3.63) is 75.8 Å². The van der Waals surface area contributed by atoms with E-state index >= 15 is 4.79 Å². The molecule has 0 bridgehead atoms. The molecule has 3 atom stereocenters. The Kier molecular flexibility index (Phi) is 36.1. The van der Waals surface area contributed by atoms with Crippen LogP contribution in [0.2, 0.25) is 0 Å². The lowest BCUT2D eigenvalue weighted by molar-refractivity contribution is 0.0515. The molecule has 16 nitrogen and oxygen atoms in total. The molecular formula is C78H106N4O12. The van der Waals surface area contributed by atoms with Gasteiger partial charge < -0.3 is 54.4 Å². The summed E-state index contributed by atoms with van der Waals surface area (Å²) in [5.41, 5.74) is 2.32. The molecule has 3 aromatic rings. The molecule has 0 aliphatic heterocycles. The highest BCUT2D eigenvalue weighted by Gasteiger charge is 2.34. The number of amides is 4. The SMILES string of the molecule is C#CCCCCOc1cc(C(=O)NC2CC(CC(=O)c3cc(OCCCCC#C)c(CCCNC(=O)OC(C)(C)C)c(OCCCCC#C)c3)CC(NC(=O)c3cc(OCCCCC#C)c(CCCC)c(OCCCCC#C)c3)C2)ccc1CCCNC(=O)OC(C)(C)C. The fraction of sp³-hybridized carbons (Fsp3) is 0.577. The van der Waals surface area contributed by atoms with Gasteiger partial charge in [-0.15, -0.1) is 61.7 Å². The van der Waals surface area contributed by atoms with Crippen LogP contribution in [0.25, 0.3) is 0 Å². The molecular weight excluding hydrogens is 1180 g/mol.